The summed E-state index contributed by atoms with van der Waals surface area (Å²) in [6, 6.07) is 6.71. The van der Waals surface area contributed by atoms with Crippen molar-refractivity contribution in [2.24, 2.45) is 4.99 Å². The molecule has 0 aliphatic carbocycles. The second-order valence-corrected chi connectivity index (χ2v) is 6.64. The Morgan fingerprint density at radius 3 is 2.50 bits per heavy atom. The van der Waals surface area contributed by atoms with Gasteiger partial charge in [-0.1, -0.05) is 6.07 Å². The lowest BCUT2D eigenvalue weighted by Gasteiger charge is -2.15. The number of nitrogens with one attached hydrogen (secondary N) is 2. The smallest absolute Gasteiger partial charge is 0.387 e. The Hall–Kier alpha value is -3.30. The monoisotopic (exact) mass is 422 g/mol. The summed E-state index contributed by atoms with van der Waals surface area (Å²) in [6.45, 7) is 1.62. The van der Waals surface area contributed by atoms with E-state index in [4.69, 9.17) is 14.2 Å². The number of nitrogens with zero attached hydrogens (tertiary/aromatic N) is 2. The Labute approximate surface area is 173 Å². The molecule has 2 heterocycles. The standard InChI is InChI=1S/C20H24F2N4O4/c1-12(2)29-18-5-4-13(8-24-18)9-25-20(23-3)26-10-14-6-16-17(28-11-27-16)7-15(14)30-19(21)22/h4-8,12,19H,9-11H2,1-3H3,(H2,23,25,26). The van der Waals surface area contributed by atoms with E-state index < -0.39 is 6.61 Å². The maximum Gasteiger partial charge on any atom is 0.387 e. The molecular weight excluding hydrogens is 398 g/mol. The number of hydrogen-bond donors (Lipinski definition) is 2. The highest BCUT2D eigenvalue weighted by molar-refractivity contribution is 5.79. The molecule has 2 N–H and O–H groups in total. The summed E-state index contributed by atoms with van der Waals surface area (Å²) in [7, 11) is 1.61. The summed E-state index contributed by atoms with van der Waals surface area (Å²) in [6.07, 6.45) is 1.77. The first kappa shape index (κ1) is 21.4. The third-order valence-electron chi connectivity index (χ3n) is 4.06. The third-order valence-corrected chi connectivity index (χ3v) is 4.06. The summed E-state index contributed by atoms with van der Waals surface area (Å²) >= 11 is 0. The van der Waals surface area contributed by atoms with E-state index in [9.17, 15) is 8.78 Å². The molecule has 1 aromatic carbocycles. The molecule has 0 spiro atoms. The Morgan fingerprint density at radius 2 is 1.87 bits per heavy atom. The maximum absolute atomic E-state index is 12.8. The molecule has 0 amide bonds. The molecule has 162 valence electrons. The first-order chi connectivity index (χ1) is 14.4. The predicted octanol–water partition coefficient (Wildman–Crippen LogP) is 3.06. The number of guanidine groups is 1. The fourth-order valence-electron chi connectivity index (χ4n) is 2.72. The molecule has 0 saturated carbocycles. The van der Waals surface area contributed by atoms with Crippen molar-refractivity contribution in [2.45, 2.75) is 39.7 Å². The minimum atomic E-state index is -2.95. The van der Waals surface area contributed by atoms with Crippen LogP contribution in [0.1, 0.15) is 25.0 Å². The zero-order chi connectivity index (χ0) is 21.5. The van der Waals surface area contributed by atoms with Crippen molar-refractivity contribution in [3.63, 3.8) is 0 Å². The fraction of sp³-hybridized carbons (Fsp3) is 0.400. The van der Waals surface area contributed by atoms with Crippen LogP contribution in [0.25, 0.3) is 0 Å². The van der Waals surface area contributed by atoms with E-state index in [1.807, 2.05) is 19.9 Å². The summed E-state index contributed by atoms with van der Waals surface area (Å²) in [5.74, 6) is 1.91. The number of aromatic nitrogens is 1. The first-order valence-electron chi connectivity index (χ1n) is 9.38. The number of aliphatic imine (C=N–C) groups is 1. The van der Waals surface area contributed by atoms with Crippen LogP contribution in [0, 0.1) is 0 Å². The van der Waals surface area contributed by atoms with Gasteiger partial charge in [-0.3, -0.25) is 4.99 Å². The normalized spacial score (nSPS) is 13.0. The topological polar surface area (TPSA) is 86.2 Å². The Balaban J connectivity index is 1.59. The van der Waals surface area contributed by atoms with Crippen molar-refractivity contribution in [3.8, 4) is 23.1 Å². The van der Waals surface area contributed by atoms with Gasteiger partial charge in [0.25, 0.3) is 0 Å². The summed E-state index contributed by atoms with van der Waals surface area (Å²) in [5, 5.41) is 6.21. The summed E-state index contributed by atoms with van der Waals surface area (Å²) < 4.78 is 46.2. The number of halogens is 2. The van der Waals surface area contributed by atoms with E-state index in [-0.39, 0.29) is 25.2 Å². The molecule has 3 rings (SSSR count). The van der Waals surface area contributed by atoms with Crippen molar-refractivity contribution in [1.82, 2.24) is 15.6 Å². The molecule has 30 heavy (non-hydrogen) atoms. The van der Waals surface area contributed by atoms with Crippen LogP contribution in [0.15, 0.2) is 35.5 Å². The summed E-state index contributed by atoms with van der Waals surface area (Å²) in [4.78, 5) is 8.40. The minimum absolute atomic E-state index is 0.0159. The lowest BCUT2D eigenvalue weighted by atomic mass is 10.1. The lowest BCUT2D eigenvalue weighted by molar-refractivity contribution is -0.0505. The van der Waals surface area contributed by atoms with E-state index in [0.29, 0.717) is 35.4 Å². The number of benzene rings is 1. The van der Waals surface area contributed by atoms with Gasteiger partial charge in [-0.15, -0.1) is 0 Å². The zero-order valence-corrected chi connectivity index (χ0v) is 16.9. The van der Waals surface area contributed by atoms with E-state index in [1.165, 1.54) is 6.07 Å². The van der Waals surface area contributed by atoms with Gasteiger partial charge < -0.3 is 29.6 Å². The van der Waals surface area contributed by atoms with E-state index in [2.05, 4.69) is 25.3 Å². The molecule has 0 radical (unpaired) electrons. The lowest BCUT2D eigenvalue weighted by Crippen LogP contribution is -2.36. The number of hydrogen-bond acceptors (Lipinski definition) is 6. The van der Waals surface area contributed by atoms with Gasteiger partial charge in [-0.05, 0) is 25.5 Å². The third kappa shape index (κ3) is 5.85. The number of pyridine rings is 1. The molecule has 1 aliphatic heterocycles. The van der Waals surface area contributed by atoms with Gasteiger partial charge in [0.2, 0.25) is 12.7 Å². The van der Waals surface area contributed by atoms with Crippen LogP contribution < -0.4 is 29.6 Å². The van der Waals surface area contributed by atoms with Crippen molar-refractivity contribution in [3.05, 3.63) is 41.6 Å². The highest BCUT2D eigenvalue weighted by Gasteiger charge is 2.20. The molecule has 0 fully saturated rings. The molecule has 1 aromatic heterocycles. The van der Waals surface area contributed by atoms with Crippen molar-refractivity contribution < 1.29 is 27.7 Å². The van der Waals surface area contributed by atoms with E-state index in [0.717, 1.165) is 5.56 Å². The Morgan fingerprint density at radius 1 is 1.13 bits per heavy atom. The van der Waals surface area contributed by atoms with Gasteiger partial charge in [0, 0.05) is 44.0 Å². The average molecular weight is 422 g/mol. The van der Waals surface area contributed by atoms with Crippen LogP contribution in [-0.2, 0) is 13.1 Å². The molecule has 10 heteroatoms. The number of fused-ring (bicyclic) bond motifs is 1. The Kier molecular flexibility index (Phi) is 7.10. The molecule has 0 bridgehead atoms. The molecule has 1 aliphatic rings. The van der Waals surface area contributed by atoms with Crippen molar-refractivity contribution in [2.75, 3.05) is 13.8 Å². The quantitative estimate of drug-likeness (QED) is 0.500. The Bertz CT molecular complexity index is 876. The van der Waals surface area contributed by atoms with Crippen LogP contribution in [0.5, 0.6) is 23.1 Å². The van der Waals surface area contributed by atoms with E-state index >= 15 is 0 Å². The number of alkyl halides is 2. The molecule has 0 atom stereocenters. The molecule has 0 saturated heterocycles. The van der Waals surface area contributed by atoms with E-state index in [1.54, 1.807) is 25.4 Å². The first-order valence-corrected chi connectivity index (χ1v) is 9.38. The molecule has 0 unspecified atom stereocenters. The zero-order valence-electron chi connectivity index (χ0n) is 16.9. The second kappa shape index (κ2) is 9.95. The summed E-state index contributed by atoms with van der Waals surface area (Å²) in [5.41, 5.74) is 1.42. The fourth-order valence-corrected chi connectivity index (χ4v) is 2.72. The van der Waals surface area contributed by atoms with Gasteiger partial charge in [0.05, 0.1) is 6.10 Å². The predicted molar refractivity (Wildman–Crippen MR) is 106 cm³/mol. The largest absolute Gasteiger partial charge is 0.475 e. The number of rotatable bonds is 8. The molecule has 8 nitrogen and oxygen atoms in total. The van der Waals surface area contributed by atoms with Gasteiger partial charge in [-0.2, -0.15) is 8.78 Å². The average Bonchev–Trinajstić information content (AvgIpc) is 3.15. The van der Waals surface area contributed by atoms with Crippen molar-refractivity contribution >= 4 is 5.96 Å². The van der Waals surface area contributed by atoms with Gasteiger partial charge in [0.1, 0.15) is 5.75 Å². The maximum atomic E-state index is 12.8. The highest BCUT2D eigenvalue weighted by Crippen LogP contribution is 2.38. The van der Waals surface area contributed by atoms with Crippen LogP contribution in [0.4, 0.5) is 8.78 Å². The van der Waals surface area contributed by atoms with Crippen LogP contribution >= 0.6 is 0 Å². The highest BCUT2D eigenvalue weighted by atomic mass is 19.3. The van der Waals surface area contributed by atoms with Gasteiger partial charge >= 0.3 is 6.61 Å². The van der Waals surface area contributed by atoms with Crippen LogP contribution in [-0.4, -0.2) is 37.5 Å². The van der Waals surface area contributed by atoms with Crippen LogP contribution in [0.2, 0.25) is 0 Å². The SMILES string of the molecule is CN=C(NCc1ccc(OC(C)C)nc1)NCc1cc2c(cc1OC(F)F)OCO2. The van der Waals surface area contributed by atoms with Gasteiger partial charge in [0.15, 0.2) is 17.5 Å². The molecule has 2 aromatic rings. The second-order valence-electron chi connectivity index (χ2n) is 6.64. The van der Waals surface area contributed by atoms with Crippen molar-refractivity contribution in [1.29, 1.82) is 0 Å². The number of ether oxygens (including phenoxy) is 4. The van der Waals surface area contributed by atoms with Crippen LogP contribution in [0.3, 0.4) is 0 Å². The molecular formula is C20H24F2N4O4. The van der Waals surface area contributed by atoms with Gasteiger partial charge in [-0.25, -0.2) is 4.98 Å². The minimum Gasteiger partial charge on any atom is -0.475 e.